The van der Waals surface area contributed by atoms with Crippen molar-refractivity contribution < 1.29 is 9.47 Å². The van der Waals surface area contributed by atoms with E-state index >= 15 is 0 Å². The predicted molar refractivity (Wildman–Crippen MR) is 93.4 cm³/mol. The molecular weight excluding hydrogens is 286 g/mol. The standard InChI is InChI=1S/C20H21NO2/c1-20(15-22-14-18-10-6-3-7-11-18)16-23-19(21-20)13-12-17-8-4-2-5-9-17/h2-13H,14-16H2,1H3/b13-12+. The number of hydrogen-bond donors (Lipinski definition) is 0. The highest BCUT2D eigenvalue weighted by Crippen LogP contribution is 2.20. The zero-order chi connectivity index (χ0) is 16.0. The largest absolute Gasteiger partial charge is 0.475 e. The van der Waals surface area contributed by atoms with E-state index in [0.717, 1.165) is 5.56 Å². The van der Waals surface area contributed by atoms with E-state index < -0.39 is 0 Å². The summed E-state index contributed by atoms with van der Waals surface area (Å²) in [5.74, 6) is 0.666. The van der Waals surface area contributed by atoms with Crippen LogP contribution < -0.4 is 0 Å². The lowest BCUT2D eigenvalue weighted by atomic mass is 10.1. The van der Waals surface area contributed by atoms with Gasteiger partial charge in [0.2, 0.25) is 5.90 Å². The molecule has 0 saturated heterocycles. The van der Waals surface area contributed by atoms with Gasteiger partial charge in [-0.15, -0.1) is 0 Å². The Morgan fingerprint density at radius 2 is 1.74 bits per heavy atom. The second-order valence-electron chi connectivity index (χ2n) is 5.96. The van der Waals surface area contributed by atoms with E-state index in [0.29, 0.717) is 25.7 Å². The molecule has 2 aromatic rings. The molecule has 1 aliphatic rings. The van der Waals surface area contributed by atoms with Crippen LogP contribution in [0.3, 0.4) is 0 Å². The van der Waals surface area contributed by atoms with Crippen LogP contribution in [0, 0.1) is 0 Å². The summed E-state index contributed by atoms with van der Waals surface area (Å²) in [6, 6.07) is 20.3. The molecule has 1 heterocycles. The van der Waals surface area contributed by atoms with Gasteiger partial charge in [-0.2, -0.15) is 0 Å². The summed E-state index contributed by atoms with van der Waals surface area (Å²) < 4.78 is 11.5. The summed E-state index contributed by atoms with van der Waals surface area (Å²) in [6.45, 7) is 3.75. The summed E-state index contributed by atoms with van der Waals surface area (Å²) in [5.41, 5.74) is 1.99. The van der Waals surface area contributed by atoms with Crippen molar-refractivity contribution in [1.29, 1.82) is 0 Å². The van der Waals surface area contributed by atoms with Crippen molar-refractivity contribution >= 4 is 12.0 Å². The van der Waals surface area contributed by atoms with Crippen LogP contribution in [-0.4, -0.2) is 24.7 Å². The molecule has 1 atom stereocenters. The molecule has 1 aliphatic heterocycles. The minimum absolute atomic E-state index is 0.314. The number of nitrogens with zero attached hydrogens (tertiary/aromatic N) is 1. The van der Waals surface area contributed by atoms with Gasteiger partial charge in [-0.05, 0) is 24.1 Å². The fourth-order valence-electron chi connectivity index (χ4n) is 2.41. The average Bonchev–Trinajstić information content (AvgIpc) is 2.96. The number of benzene rings is 2. The van der Waals surface area contributed by atoms with E-state index in [-0.39, 0.29) is 5.54 Å². The molecule has 3 rings (SSSR count). The van der Waals surface area contributed by atoms with E-state index in [4.69, 9.17) is 9.47 Å². The molecule has 3 heteroatoms. The van der Waals surface area contributed by atoms with Gasteiger partial charge in [-0.3, -0.25) is 0 Å². The summed E-state index contributed by atoms with van der Waals surface area (Å²) >= 11 is 0. The molecule has 0 aliphatic carbocycles. The Morgan fingerprint density at radius 3 is 2.48 bits per heavy atom. The SMILES string of the molecule is CC1(COCc2ccccc2)COC(/C=C/c2ccccc2)=N1. The zero-order valence-electron chi connectivity index (χ0n) is 13.3. The first kappa shape index (κ1) is 15.5. The smallest absolute Gasteiger partial charge is 0.209 e. The van der Waals surface area contributed by atoms with Crippen molar-refractivity contribution in [2.45, 2.75) is 19.1 Å². The highest BCUT2D eigenvalue weighted by molar-refractivity contribution is 5.93. The lowest BCUT2D eigenvalue weighted by Crippen LogP contribution is -2.30. The fourth-order valence-corrected chi connectivity index (χ4v) is 2.41. The second-order valence-corrected chi connectivity index (χ2v) is 5.96. The van der Waals surface area contributed by atoms with Crippen LogP contribution >= 0.6 is 0 Å². The number of aliphatic imine (C=N–C) groups is 1. The summed E-state index contributed by atoms with van der Waals surface area (Å²) in [4.78, 5) is 4.65. The molecule has 2 aromatic carbocycles. The Hall–Kier alpha value is -2.39. The van der Waals surface area contributed by atoms with Crippen LogP contribution in [0.5, 0.6) is 0 Å². The van der Waals surface area contributed by atoms with E-state index in [1.807, 2.05) is 60.7 Å². The number of rotatable bonds is 6. The average molecular weight is 307 g/mol. The maximum Gasteiger partial charge on any atom is 0.209 e. The second kappa shape index (κ2) is 7.25. The molecule has 1 unspecified atom stereocenters. The molecule has 23 heavy (non-hydrogen) atoms. The first-order valence-corrected chi connectivity index (χ1v) is 7.81. The van der Waals surface area contributed by atoms with Gasteiger partial charge in [0.15, 0.2) is 0 Å². The van der Waals surface area contributed by atoms with Gasteiger partial charge in [-0.1, -0.05) is 60.7 Å². The van der Waals surface area contributed by atoms with Crippen molar-refractivity contribution in [3.8, 4) is 0 Å². The summed E-state index contributed by atoms with van der Waals surface area (Å²) in [6.07, 6.45) is 3.92. The van der Waals surface area contributed by atoms with E-state index in [9.17, 15) is 0 Å². The van der Waals surface area contributed by atoms with Gasteiger partial charge in [0, 0.05) is 6.08 Å². The van der Waals surface area contributed by atoms with Crippen molar-refractivity contribution in [2.24, 2.45) is 4.99 Å². The Balaban J connectivity index is 1.54. The zero-order valence-corrected chi connectivity index (χ0v) is 13.3. The molecule has 0 bridgehead atoms. The lowest BCUT2D eigenvalue weighted by Gasteiger charge is -2.18. The molecule has 0 radical (unpaired) electrons. The van der Waals surface area contributed by atoms with Gasteiger partial charge >= 0.3 is 0 Å². The quantitative estimate of drug-likeness (QED) is 0.804. The third kappa shape index (κ3) is 4.54. The topological polar surface area (TPSA) is 30.8 Å². The minimum Gasteiger partial charge on any atom is -0.475 e. The maximum absolute atomic E-state index is 5.81. The predicted octanol–water partition coefficient (Wildman–Crippen LogP) is 4.10. The number of ether oxygens (including phenoxy) is 2. The third-order valence-electron chi connectivity index (χ3n) is 3.65. The van der Waals surface area contributed by atoms with Crippen LogP contribution in [0.4, 0.5) is 0 Å². The van der Waals surface area contributed by atoms with Gasteiger partial charge in [0.05, 0.1) is 13.2 Å². The molecule has 3 nitrogen and oxygen atoms in total. The molecular formula is C20H21NO2. The van der Waals surface area contributed by atoms with Crippen LogP contribution in [-0.2, 0) is 16.1 Å². The lowest BCUT2D eigenvalue weighted by molar-refractivity contribution is 0.0691. The van der Waals surface area contributed by atoms with Gasteiger partial charge in [0.1, 0.15) is 12.1 Å². The van der Waals surface area contributed by atoms with Crippen molar-refractivity contribution in [1.82, 2.24) is 0 Å². The Morgan fingerprint density at radius 1 is 1.04 bits per heavy atom. The molecule has 0 saturated carbocycles. The van der Waals surface area contributed by atoms with Crippen LogP contribution in [0.25, 0.3) is 6.08 Å². The van der Waals surface area contributed by atoms with Gasteiger partial charge in [-0.25, -0.2) is 4.99 Å². The van der Waals surface area contributed by atoms with E-state index in [1.54, 1.807) is 0 Å². The van der Waals surface area contributed by atoms with Crippen molar-refractivity contribution in [3.05, 3.63) is 77.9 Å². The van der Waals surface area contributed by atoms with Crippen LogP contribution in [0.15, 0.2) is 71.7 Å². The molecule has 0 amide bonds. The Kier molecular flexibility index (Phi) is 4.89. The highest BCUT2D eigenvalue weighted by atomic mass is 16.5. The third-order valence-corrected chi connectivity index (χ3v) is 3.65. The molecule has 0 fully saturated rings. The number of hydrogen-bond acceptors (Lipinski definition) is 3. The Labute approximate surface area is 137 Å². The highest BCUT2D eigenvalue weighted by Gasteiger charge is 2.31. The van der Waals surface area contributed by atoms with E-state index in [2.05, 4.69) is 24.0 Å². The monoisotopic (exact) mass is 307 g/mol. The molecule has 0 aromatic heterocycles. The Bertz CT molecular complexity index is 679. The first-order chi connectivity index (χ1) is 11.2. The van der Waals surface area contributed by atoms with Crippen molar-refractivity contribution in [3.63, 3.8) is 0 Å². The maximum atomic E-state index is 5.81. The fraction of sp³-hybridized carbons (Fsp3) is 0.250. The van der Waals surface area contributed by atoms with Crippen molar-refractivity contribution in [2.75, 3.05) is 13.2 Å². The van der Waals surface area contributed by atoms with Crippen LogP contribution in [0.1, 0.15) is 18.1 Å². The normalized spacial score (nSPS) is 20.5. The minimum atomic E-state index is -0.314. The van der Waals surface area contributed by atoms with E-state index in [1.165, 1.54) is 5.56 Å². The molecule has 118 valence electrons. The van der Waals surface area contributed by atoms with Gasteiger partial charge in [0.25, 0.3) is 0 Å². The molecule has 0 N–H and O–H groups in total. The molecule has 0 spiro atoms. The summed E-state index contributed by atoms with van der Waals surface area (Å²) in [7, 11) is 0. The van der Waals surface area contributed by atoms with Crippen LogP contribution in [0.2, 0.25) is 0 Å². The van der Waals surface area contributed by atoms with Gasteiger partial charge < -0.3 is 9.47 Å². The first-order valence-electron chi connectivity index (χ1n) is 7.81. The summed E-state index contributed by atoms with van der Waals surface area (Å²) in [5, 5.41) is 0.